The number of aliphatic hydroxyl groups is 1. The molecule has 1 N–H and O–H groups in total. The van der Waals surface area contributed by atoms with Gasteiger partial charge in [-0.05, 0) is 36.8 Å². The second kappa shape index (κ2) is 6.53. The topological polar surface area (TPSA) is 38.1 Å². The molecule has 102 valence electrons. The number of aryl methyl sites for hydroxylation is 3. The van der Waals surface area contributed by atoms with Gasteiger partial charge >= 0.3 is 0 Å². The van der Waals surface area contributed by atoms with Crippen molar-refractivity contribution in [1.82, 2.24) is 9.55 Å². The summed E-state index contributed by atoms with van der Waals surface area (Å²) in [6, 6.07) is 8.40. The summed E-state index contributed by atoms with van der Waals surface area (Å²) in [6.45, 7) is 2.36. The van der Waals surface area contributed by atoms with Crippen LogP contribution in [0.15, 0.2) is 36.7 Å². The summed E-state index contributed by atoms with van der Waals surface area (Å²) in [4.78, 5) is 4.33. The molecule has 2 rings (SSSR count). The quantitative estimate of drug-likeness (QED) is 0.864. The highest BCUT2D eigenvalue weighted by Gasteiger charge is 2.11. The van der Waals surface area contributed by atoms with E-state index in [1.165, 1.54) is 11.1 Å². The monoisotopic (exact) mass is 258 g/mol. The van der Waals surface area contributed by atoms with Crippen molar-refractivity contribution in [3.63, 3.8) is 0 Å². The SMILES string of the molecule is Cc1ccccc1CC(CO)CCc1nccn1C. The Bertz CT molecular complexity index is 519. The lowest BCUT2D eigenvalue weighted by Crippen LogP contribution is -2.13. The molecule has 0 aliphatic heterocycles. The molecule has 0 bridgehead atoms. The Morgan fingerprint density at radius 2 is 2.11 bits per heavy atom. The number of nitrogens with zero attached hydrogens (tertiary/aromatic N) is 2. The zero-order valence-electron chi connectivity index (χ0n) is 11.7. The first-order chi connectivity index (χ1) is 9.20. The van der Waals surface area contributed by atoms with Gasteiger partial charge in [-0.1, -0.05) is 24.3 Å². The maximum Gasteiger partial charge on any atom is 0.108 e. The van der Waals surface area contributed by atoms with Crippen LogP contribution in [0, 0.1) is 12.8 Å². The van der Waals surface area contributed by atoms with Crippen LogP contribution in [0.4, 0.5) is 0 Å². The Hall–Kier alpha value is -1.61. The van der Waals surface area contributed by atoms with Crippen LogP contribution >= 0.6 is 0 Å². The molecule has 0 amide bonds. The second-order valence-corrected chi connectivity index (χ2v) is 5.17. The molecule has 1 heterocycles. The third-order valence-electron chi connectivity index (χ3n) is 3.73. The molecule has 1 unspecified atom stereocenters. The van der Waals surface area contributed by atoms with E-state index < -0.39 is 0 Å². The lowest BCUT2D eigenvalue weighted by Gasteiger charge is -2.15. The van der Waals surface area contributed by atoms with Gasteiger partial charge in [0.1, 0.15) is 5.82 Å². The zero-order valence-corrected chi connectivity index (χ0v) is 11.7. The van der Waals surface area contributed by atoms with Crippen molar-refractivity contribution < 1.29 is 5.11 Å². The van der Waals surface area contributed by atoms with Crippen LogP contribution in [-0.2, 0) is 19.9 Å². The fourth-order valence-electron chi connectivity index (χ4n) is 2.38. The fraction of sp³-hybridized carbons (Fsp3) is 0.438. The fourth-order valence-corrected chi connectivity index (χ4v) is 2.38. The Morgan fingerprint density at radius 3 is 2.74 bits per heavy atom. The molecule has 0 spiro atoms. The van der Waals surface area contributed by atoms with E-state index in [0.717, 1.165) is 25.1 Å². The van der Waals surface area contributed by atoms with Crippen LogP contribution in [-0.4, -0.2) is 21.3 Å². The zero-order chi connectivity index (χ0) is 13.7. The lowest BCUT2D eigenvalue weighted by molar-refractivity contribution is 0.217. The van der Waals surface area contributed by atoms with Crippen molar-refractivity contribution >= 4 is 0 Å². The molecule has 0 saturated carbocycles. The minimum absolute atomic E-state index is 0.235. The summed E-state index contributed by atoms with van der Waals surface area (Å²) >= 11 is 0. The molecule has 1 aromatic carbocycles. The smallest absolute Gasteiger partial charge is 0.108 e. The van der Waals surface area contributed by atoms with Gasteiger partial charge in [0.25, 0.3) is 0 Å². The van der Waals surface area contributed by atoms with Gasteiger partial charge in [-0.3, -0.25) is 0 Å². The average Bonchev–Trinajstić information content (AvgIpc) is 2.82. The summed E-state index contributed by atoms with van der Waals surface area (Å²) in [6.07, 6.45) is 6.61. The van der Waals surface area contributed by atoms with E-state index in [1.54, 1.807) is 0 Å². The van der Waals surface area contributed by atoms with Crippen molar-refractivity contribution in [2.75, 3.05) is 6.61 Å². The molecule has 0 aliphatic rings. The highest BCUT2D eigenvalue weighted by atomic mass is 16.3. The van der Waals surface area contributed by atoms with Crippen LogP contribution in [0.3, 0.4) is 0 Å². The van der Waals surface area contributed by atoms with E-state index in [1.807, 2.05) is 24.0 Å². The Balaban J connectivity index is 1.94. The first-order valence-electron chi connectivity index (χ1n) is 6.82. The maximum absolute atomic E-state index is 9.55. The third kappa shape index (κ3) is 3.67. The molecule has 3 nitrogen and oxygen atoms in total. The summed E-state index contributed by atoms with van der Waals surface area (Å²) in [5, 5.41) is 9.55. The van der Waals surface area contributed by atoms with Gasteiger partial charge in [-0.25, -0.2) is 4.98 Å². The van der Waals surface area contributed by atoms with Gasteiger partial charge in [0.15, 0.2) is 0 Å². The lowest BCUT2D eigenvalue weighted by atomic mass is 9.93. The molecule has 1 atom stereocenters. The molecular formula is C16H22N2O. The minimum Gasteiger partial charge on any atom is -0.396 e. The summed E-state index contributed by atoms with van der Waals surface area (Å²) in [5.41, 5.74) is 2.64. The maximum atomic E-state index is 9.55. The number of rotatable bonds is 6. The molecule has 0 radical (unpaired) electrons. The number of hydrogen-bond donors (Lipinski definition) is 1. The molecule has 19 heavy (non-hydrogen) atoms. The first-order valence-corrected chi connectivity index (χ1v) is 6.82. The van der Waals surface area contributed by atoms with Crippen molar-refractivity contribution in [3.8, 4) is 0 Å². The van der Waals surface area contributed by atoms with Gasteiger partial charge in [-0.2, -0.15) is 0 Å². The number of aliphatic hydroxyl groups excluding tert-OH is 1. The summed E-state index contributed by atoms with van der Waals surface area (Å²) in [7, 11) is 2.01. The van der Waals surface area contributed by atoms with E-state index >= 15 is 0 Å². The molecule has 0 saturated heterocycles. The minimum atomic E-state index is 0.235. The van der Waals surface area contributed by atoms with E-state index in [4.69, 9.17) is 0 Å². The van der Waals surface area contributed by atoms with Gasteiger partial charge < -0.3 is 9.67 Å². The number of benzene rings is 1. The molecule has 0 fully saturated rings. The van der Waals surface area contributed by atoms with Gasteiger partial charge in [-0.15, -0.1) is 0 Å². The molecule has 2 aromatic rings. The van der Waals surface area contributed by atoms with Gasteiger partial charge in [0, 0.05) is 32.5 Å². The van der Waals surface area contributed by atoms with E-state index in [-0.39, 0.29) is 6.61 Å². The van der Waals surface area contributed by atoms with Crippen molar-refractivity contribution in [1.29, 1.82) is 0 Å². The van der Waals surface area contributed by atoms with Crippen LogP contribution in [0.25, 0.3) is 0 Å². The Kier molecular flexibility index (Phi) is 4.74. The van der Waals surface area contributed by atoms with E-state index in [9.17, 15) is 5.11 Å². The normalized spacial score (nSPS) is 12.6. The highest BCUT2D eigenvalue weighted by molar-refractivity contribution is 5.25. The number of imidazole rings is 1. The first kappa shape index (κ1) is 13.8. The predicted molar refractivity (Wildman–Crippen MR) is 77.0 cm³/mol. The Morgan fingerprint density at radius 1 is 1.32 bits per heavy atom. The molecule has 0 aliphatic carbocycles. The standard InChI is InChI=1S/C16H22N2O/c1-13-5-3-4-6-15(13)11-14(12-19)7-8-16-17-9-10-18(16)2/h3-6,9-10,14,19H,7-8,11-12H2,1-2H3. The van der Waals surface area contributed by atoms with Crippen molar-refractivity contribution in [2.24, 2.45) is 13.0 Å². The summed E-state index contributed by atoms with van der Waals surface area (Å²) < 4.78 is 2.04. The van der Waals surface area contributed by atoms with Crippen LogP contribution in [0.2, 0.25) is 0 Å². The number of aromatic nitrogens is 2. The van der Waals surface area contributed by atoms with E-state index in [0.29, 0.717) is 5.92 Å². The van der Waals surface area contributed by atoms with Crippen LogP contribution < -0.4 is 0 Å². The average molecular weight is 258 g/mol. The third-order valence-corrected chi connectivity index (χ3v) is 3.73. The van der Waals surface area contributed by atoms with Crippen LogP contribution in [0.1, 0.15) is 23.4 Å². The Labute approximate surface area is 114 Å². The van der Waals surface area contributed by atoms with Crippen molar-refractivity contribution in [3.05, 3.63) is 53.6 Å². The molecule has 3 heteroatoms. The number of hydrogen-bond acceptors (Lipinski definition) is 2. The van der Waals surface area contributed by atoms with E-state index in [2.05, 4.69) is 36.2 Å². The predicted octanol–water partition coefficient (Wildman–Crippen LogP) is 2.51. The second-order valence-electron chi connectivity index (χ2n) is 5.17. The van der Waals surface area contributed by atoms with Gasteiger partial charge in [0.2, 0.25) is 0 Å². The van der Waals surface area contributed by atoms with Crippen molar-refractivity contribution in [2.45, 2.75) is 26.2 Å². The van der Waals surface area contributed by atoms with Gasteiger partial charge in [0.05, 0.1) is 0 Å². The molecule has 1 aromatic heterocycles. The largest absolute Gasteiger partial charge is 0.396 e. The summed E-state index contributed by atoms with van der Waals surface area (Å²) in [5.74, 6) is 1.39. The van der Waals surface area contributed by atoms with Crippen LogP contribution in [0.5, 0.6) is 0 Å². The molecular weight excluding hydrogens is 236 g/mol. The highest BCUT2D eigenvalue weighted by Crippen LogP contribution is 2.17.